The maximum absolute atomic E-state index is 12.6. The largest absolute Gasteiger partial charge is 0.480 e. The molecule has 1 aliphatic rings. The Morgan fingerprint density at radius 1 is 1.29 bits per heavy atom. The van der Waals surface area contributed by atoms with Crippen LogP contribution in [0.5, 0.6) is 5.75 Å². The van der Waals surface area contributed by atoms with Gasteiger partial charge in [0.15, 0.2) is 17.4 Å². The number of Topliss-reactive ketones (excluding diaryl/α,β-unsaturated/α-hetero) is 1. The fourth-order valence-electron chi connectivity index (χ4n) is 4.21. The van der Waals surface area contributed by atoms with Gasteiger partial charge in [0.25, 0.3) is 5.56 Å². The van der Waals surface area contributed by atoms with Crippen LogP contribution in [-0.4, -0.2) is 40.0 Å². The summed E-state index contributed by atoms with van der Waals surface area (Å²) in [7, 11) is 1.68. The van der Waals surface area contributed by atoms with Crippen LogP contribution >= 0.6 is 11.6 Å². The first-order valence-corrected chi connectivity index (χ1v) is 12.1. The van der Waals surface area contributed by atoms with Crippen LogP contribution in [0, 0.1) is 5.92 Å². The zero-order chi connectivity index (χ0) is 24.2. The van der Waals surface area contributed by atoms with Crippen molar-refractivity contribution in [1.29, 1.82) is 0 Å². The Labute approximate surface area is 203 Å². The van der Waals surface area contributed by atoms with E-state index in [9.17, 15) is 9.59 Å². The van der Waals surface area contributed by atoms with Gasteiger partial charge in [0.05, 0.1) is 11.7 Å². The SMILES string of the molecule is CCC(=O)COc1cc2cc(Nc3nc(N4CCC[C@H](CC)C4)ncc3Cl)ccc2n(C)c1=O. The van der Waals surface area contributed by atoms with Crippen LogP contribution in [0.4, 0.5) is 17.5 Å². The third-order valence-electron chi connectivity index (χ3n) is 6.35. The predicted octanol–water partition coefficient (Wildman–Crippen LogP) is 4.71. The van der Waals surface area contributed by atoms with Gasteiger partial charge in [0.1, 0.15) is 11.6 Å². The monoisotopic (exact) mass is 483 g/mol. The second-order valence-electron chi connectivity index (χ2n) is 8.68. The molecule has 0 spiro atoms. The number of piperidine rings is 1. The first-order chi connectivity index (χ1) is 16.4. The number of carbonyl (C=O) groups is 1. The first-order valence-electron chi connectivity index (χ1n) is 11.7. The summed E-state index contributed by atoms with van der Waals surface area (Å²) in [6.07, 6.45) is 5.50. The van der Waals surface area contributed by atoms with Gasteiger partial charge in [-0.2, -0.15) is 4.98 Å². The van der Waals surface area contributed by atoms with Gasteiger partial charge in [-0.05, 0) is 43.0 Å². The number of nitrogens with one attached hydrogen (secondary N) is 1. The first kappa shape index (κ1) is 24.0. The lowest BCUT2D eigenvalue weighted by Gasteiger charge is -2.32. The summed E-state index contributed by atoms with van der Waals surface area (Å²) in [5.41, 5.74) is 1.23. The number of rotatable bonds is 8. The van der Waals surface area contributed by atoms with Gasteiger partial charge in [-0.1, -0.05) is 31.9 Å². The molecule has 3 aromatic rings. The topological polar surface area (TPSA) is 89.3 Å². The van der Waals surface area contributed by atoms with Gasteiger partial charge in [-0.3, -0.25) is 9.59 Å². The normalized spacial score (nSPS) is 16.0. The molecule has 3 heterocycles. The van der Waals surface area contributed by atoms with Crippen LogP contribution in [0.15, 0.2) is 35.3 Å². The van der Waals surface area contributed by atoms with Crippen LogP contribution in [-0.2, 0) is 11.8 Å². The van der Waals surface area contributed by atoms with E-state index < -0.39 is 0 Å². The lowest BCUT2D eigenvalue weighted by Crippen LogP contribution is -2.36. The molecule has 0 radical (unpaired) electrons. The van der Waals surface area contributed by atoms with Crippen molar-refractivity contribution in [3.8, 4) is 5.75 Å². The van der Waals surface area contributed by atoms with Crippen LogP contribution in [0.1, 0.15) is 39.5 Å². The summed E-state index contributed by atoms with van der Waals surface area (Å²) in [6, 6.07) is 7.29. The number of halogens is 1. The molecule has 1 aromatic carbocycles. The molecule has 4 rings (SSSR count). The van der Waals surface area contributed by atoms with E-state index in [2.05, 4.69) is 22.1 Å². The number of hydrogen-bond donors (Lipinski definition) is 1. The van der Waals surface area contributed by atoms with Gasteiger partial charge in [-0.25, -0.2) is 4.98 Å². The van der Waals surface area contributed by atoms with Crippen LogP contribution in [0.25, 0.3) is 10.9 Å². The molecule has 34 heavy (non-hydrogen) atoms. The number of fused-ring (bicyclic) bond motifs is 1. The summed E-state index contributed by atoms with van der Waals surface area (Å²) in [4.78, 5) is 35.6. The number of ketones is 1. The molecule has 180 valence electrons. The lowest BCUT2D eigenvalue weighted by molar-refractivity contribution is -0.120. The lowest BCUT2D eigenvalue weighted by atomic mass is 9.96. The standard InChI is InChI=1S/C25H30ClN5O3/c1-4-16-7-6-10-31(14-16)25-27-13-20(26)23(29-25)28-18-8-9-21-17(11-18)12-22(24(33)30(21)3)34-15-19(32)5-2/h8-9,11-13,16H,4-7,10,14-15H2,1-3H3,(H,27,28,29)/t16-/m0/s1. The van der Waals surface area contributed by atoms with Crippen LogP contribution in [0.3, 0.4) is 0 Å². The minimum Gasteiger partial charge on any atom is -0.480 e. The third kappa shape index (κ3) is 5.17. The molecular weight excluding hydrogens is 454 g/mol. The Bertz CT molecular complexity index is 1260. The van der Waals surface area contributed by atoms with Crippen molar-refractivity contribution in [3.05, 3.63) is 45.8 Å². The third-order valence-corrected chi connectivity index (χ3v) is 6.62. The molecule has 1 fully saturated rings. The van der Waals surface area contributed by atoms with Crippen molar-refractivity contribution in [2.75, 3.05) is 29.9 Å². The summed E-state index contributed by atoms with van der Waals surface area (Å²) >= 11 is 6.41. The van der Waals surface area contributed by atoms with Gasteiger partial charge in [0.2, 0.25) is 5.95 Å². The van der Waals surface area contributed by atoms with Crippen molar-refractivity contribution in [2.24, 2.45) is 13.0 Å². The molecule has 0 aliphatic carbocycles. The summed E-state index contributed by atoms with van der Waals surface area (Å²) in [5.74, 6) is 1.93. The molecule has 0 unspecified atom stereocenters. The number of anilines is 3. The number of hydrogen-bond acceptors (Lipinski definition) is 7. The Morgan fingerprint density at radius 2 is 2.12 bits per heavy atom. The maximum atomic E-state index is 12.6. The molecule has 1 N–H and O–H groups in total. The van der Waals surface area contributed by atoms with Crippen molar-refractivity contribution >= 4 is 45.7 Å². The zero-order valence-electron chi connectivity index (χ0n) is 19.8. The van der Waals surface area contributed by atoms with E-state index in [0.717, 1.165) is 42.5 Å². The smallest absolute Gasteiger partial charge is 0.293 e. The fourth-order valence-corrected chi connectivity index (χ4v) is 4.35. The van der Waals surface area contributed by atoms with E-state index in [1.165, 1.54) is 11.0 Å². The molecule has 8 nitrogen and oxygen atoms in total. The molecular formula is C25H30ClN5O3. The maximum Gasteiger partial charge on any atom is 0.293 e. The molecule has 2 aromatic heterocycles. The number of nitrogens with zero attached hydrogens (tertiary/aromatic N) is 4. The van der Waals surface area contributed by atoms with Crippen molar-refractivity contribution < 1.29 is 9.53 Å². The second kappa shape index (κ2) is 10.4. The molecule has 0 bridgehead atoms. The molecule has 1 saturated heterocycles. The predicted molar refractivity (Wildman–Crippen MR) is 136 cm³/mol. The van der Waals surface area contributed by atoms with E-state index in [1.54, 1.807) is 26.2 Å². The number of aromatic nitrogens is 3. The number of ether oxygens (including phenoxy) is 1. The molecule has 1 atom stereocenters. The van der Waals surface area contributed by atoms with Gasteiger partial charge in [-0.15, -0.1) is 0 Å². The fraction of sp³-hybridized carbons (Fsp3) is 0.440. The highest BCUT2D eigenvalue weighted by atomic mass is 35.5. The van der Waals surface area contributed by atoms with Crippen molar-refractivity contribution in [2.45, 2.75) is 39.5 Å². The minimum absolute atomic E-state index is 0.0641. The highest BCUT2D eigenvalue weighted by molar-refractivity contribution is 6.32. The van der Waals surface area contributed by atoms with Crippen molar-refractivity contribution in [3.63, 3.8) is 0 Å². The van der Waals surface area contributed by atoms with E-state index in [4.69, 9.17) is 21.3 Å². The van der Waals surface area contributed by atoms with Crippen LogP contribution in [0.2, 0.25) is 5.02 Å². The van der Waals surface area contributed by atoms with Crippen molar-refractivity contribution in [1.82, 2.24) is 14.5 Å². The Balaban J connectivity index is 1.61. The van der Waals surface area contributed by atoms with E-state index >= 15 is 0 Å². The second-order valence-corrected chi connectivity index (χ2v) is 9.09. The average molecular weight is 484 g/mol. The summed E-state index contributed by atoms with van der Waals surface area (Å²) in [6.45, 7) is 5.75. The number of benzene rings is 1. The van der Waals surface area contributed by atoms with Gasteiger partial charge >= 0.3 is 0 Å². The summed E-state index contributed by atoms with van der Waals surface area (Å²) < 4.78 is 7.02. The average Bonchev–Trinajstić information content (AvgIpc) is 2.86. The number of pyridine rings is 1. The highest BCUT2D eigenvalue weighted by Gasteiger charge is 2.21. The number of carbonyl (C=O) groups excluding carboxylic acids is 1. The van der Waals surface area contributed by atoms with E-state index in [-0.39, 0.29) is 23.7 Å². The Kier molecular flexibility index (Phi) is 7.36. The molecule has 1 aliphatic heterocycles. The van der Waals surface area contributed by atoms with Crippen LogP contribution < -0.4 is 20.5 Å². The minimum atomic E-state index is -0.285. The highest BCUT2D eigenvalue weighted by Crippen LogP contribution is 2.29. The number of aryl methyl sites for hydroxylation is 1. The zero-order valence-corrected chi connectivity index (χ0v) is 20.6. The Hall–Kier alpha value is -3.13. The molecule has 0 amide bonds. The van der Waals surface area contributed by atoms with Gasteiger partial charge in [0, 0.05) is 37.6 Å². The van der Waals surface area contributed by atoms with Gasteiger partial charge < -0.3 is 19.5 Å². The quantitative estimate of drug-likeness (QED) is 0.496. The molecule has 9 heteroatoms. The summed E-state index contributed by atoms with van der Waals surface area (Å²) in [5, 5.41) is 4.51. The van der Waals surface area contributed by atoms with E-state index in [1.807, 2.05) is 18.2 Å². The Morgan fingerprint density at radius 3 is 2.88 bits per heavy atom. The van der Waals surface area contributed by atoms with E-state index in [0.29, 0.717) is 29.1 Å². The molecule has 0 saturated carbocycles.